The Bertz CT molecular complexity index is 333. The van der Waals surface area contributed by atoms with E-state index in [0.29, 0.717) is 23.0 Å². The predicted octanol–water partition coefficient (Wildman–Crippen LogP) is 2.28. The van der Waals surface area contributed by atoms with Crippen LogP contribution in [0.3, 0.4) is 0 Å². The second kappa shape index (κ2) is 5.95. The zero-order valence-electron chi connectivity index (χ0n) is 7.27. The maximum atomic E-state index is 10.6. The summed E-state index contributed by atoms with van der Waals surface area (Å²) in [4.78, 5) is 10.2. The molecule has 4 nitrogen and oxygen atoms in total. The second-order valence-corrected chi connectivity index (χ2v) is 3.48. The molecule has 6 heteroatoms. The molecule has 0 unspecified atom stereocenters. The number of hydrogen-bond donors (Lipinski definition) is 1. The highest BCUT2D eigenvalue weighted by molar-refractivity contribution is 9.10. The van der Waals surface area contributed by atoms with Crippen molar-refractivity contribution in [1.29, 1.82) is 0 Å². The number of halogens is 2. The minimum Gasteiger partial charge on any atom is -0.330 e. The zero-order valence-corrected chi connectivity index (χ0v) is 9.68. The van der Waals surface area contributed by atoms with E-state index >= 15 is 0 Å². The van der Waals surface area contributed by atoms with Gasteiger partial charge in [0.2, 0.25) is 0 Å². The van der Waals surface area contributed by atoms with Gasteiger partial charge in [0.1, 0.15) is 0 Å². The summed E-state index contributed by atoms with van der Waals surface area (Å²) in [6, 6.07) is 4.98. The van der Waals surface area contributed by atoms with Gasteiger partial charge < -0.3 is 5.73 Å². The Morgan fingerprint density at radius 3 is 2.64 bits per heavy atom. The van der Waals surface area contributed by atoms with E-state index in [1.54, 1.807) is 12.1 Å². The van der Waals surface area contributed by atoms with Gasteiger partial charge in [-0.15, -0.1) is 12.4 Å². The molecule has 1 aromatic rings. The Hall–Kier alpha value is -0.650. The van der Waals surface area contributed by atoms with Crippen LogP contribution in [0.25, 0.3) is 0 Å². The van der Waals surface area contributed by atoms with Crippen LogP contribution in [-0.2, 0) is 6.42 Å². The van der Waals surface area contributed by atoms with Gasteiger partial charge in [0.15, 0.2) is 0 Å². The van der Waals surface area contributed by atoms with Crippen molar-refractivity contribution in [3.8, 4) is 0 Å². The van der Waals surface area contributed by atoms with Crippen LogP contribution in [0, 0.1) is 10.1 Å². The Kier molecular flexibility index (Phi) is 5.68. The number of nitro benzene ring substituents is 1. The van der Waals surface area contributed by atoms with Crippen LogP contribution in [0.15, 0.2) is 22.7 Å². The fourth-order valence-corrected chi connectivity index (χ4v) is 1.42. The number of benzene rings is 1. The fraction of sp³-hybridized carbons (Fsp3) is 0.250. The normalized spacial score (nSPS) is 9.29. The van der Waals surface area contributed by atoms with E-state index in [2.05, 4.69) is 15.9 Å². The summed E-state index contributed by atoms with van der Waals surface area (Å²) >= 11 is 3.18. The maximum Gasteiger partial charge on any atom is 0.273 e. The summed E-state index contributed by atoms with van der Waals surface area (Å²) in [5.41, 5.74) is 6.13. The van der Waals surface area contributed by atoms with E-state index in [0.717, 1.165) is 0 Å². The van der Waals surface area contributed by atoms with Gasteiger partial charge in [0, 0.05) is 16.1 Å². The Balaban J connectivity index is 0.00000169. The monoisotopic (exact) mass is 280 g/mol. The molecule has 0 atom stereocenters. The Labute approximate surface area is 96.2 Å². The van der Waals surface area contributed by atoms with Gasteiger partial charge in [-0.25, -0.2) is 0 Å². The minimum absolute atomic E-state index is 0. The highest BCUT2D eigenvalue weighted by Gasteiger charge is 2.12. The summed E-state index contributed by atoms with van der Waals surface area (Å²) in [7, 11) is 0. The lowest BCUT2D eigenvalue weighted by atomic mass is 10.1. The average Bonchev–Trinajstić information content (AvgIpc) is 2.08. The van der Waals surface area contributed by atoms with E-state index in [4.69, 9.17) is 5.73 Å². The third-order valence-corrected chi connectivity index (χ3v) is 2.15. The number of hydrogen-bond acceptors (Lipinski definition) is 3. The van der Waals surface area contributed by atoms with Crippen molar-refractivity contribution in [2.45, 2.75) is 6.42 Å². The van der Waals surface area contributed by atoms with Crippen LogP contribution in [0.4, 0.5) is 5.69 Å². The summed E-state index contributed by atoms with van der Waals surface area (Å²) in [6.45, 7) is 0.419. The number of rotatable bonds is 3. The molecule has 1 aromatic carbocycles. The van der Waals surface area contributed by atoms with Gasteiger partial charge >= 0.3 is 0 Å². The van der Waals surface area contributed by atoms with Crippen molar-refractivity contribution >= 4 is 34.0 Å². The maximum absolute atomic E-state index is 10.6. The van der Waals surface area contributed by atoms with Gasteiger partial charge in [-0.05, 0) is 19.0 Å². The molecule has 0 aliphatic carbocycles. The quantitative estimate of drug-likeness (QED) is 0.682. The number of nitrogens with zero attached hydrogens (tertiary/aromatic N) is 1. The molecule has 0 heterocycles. The SMILES string of the molecule is Cl.NCCc1ccc(Br)cc1[N+](=O)[O-]. The standard InChI is InChI=1S/C8H9BrN2O2.ClH/c9-7-2-1-6(3-4-10)8(5-7)11(12)13;/h1-2,5H,3-4,10H2;1H. The molecule has 0 bridgehead atoms. The van der Waals surface area contributed by atoms with E-state index in [9.17, 15) is 10.1 Å². The first-order valence-corrected chi connectivity index (χ1v) is 4.57. The molecule has 1 rings (SSSR count). The summed E-state index contributed by atoms with van der Waals surface area (Å²) in [6.07, 6.45) is 0.531. The summed E-state index contributed by atoms with van der Waals surface area (Å²) < 4.78 is 0.708. The van der Waals surface area contributed by atoms with E-state index in [1.165, 1.54) is 6.07 Å². The van der Waals surface area contributed by atoms with Gasteiger partial charge in [0.05, 0.1) is 4.92 Å². The molecule has 0 amide bonds. The molecule has 2 N–H and O–H groups in total. The molecule has 0 aliphatic rings. The van der Waals surface area contributed by atoms with E-state index in [1.807, 2.05) is 0 Å². The lowest BCUT2D eigenvalue weighted by Gasteiger charge is -2.00. The van der Waals surface area contributed by atoms with Crippen LogP contribution in [0.2, 0.25) is 0 Å². The molecule has 0 saturated carbocycles. The molecule has 0 aliphatic heterocycles. The van der Waals surface area contributed by atoms with Crippen molar-refractivity contribution < 1.29 is 4.92 Å². The highest BCUT2D eigenvalue weighted by atomic mass is 79.9. The zero-order chi connectivity index (χ0) is 9.84. The Morgan fingerprint density at radius 2 is 2.14 bits per heavy atom. The molecule has 0 spiro atoms. The lowest BCUT2D eigenvalue weighted by Crippen LogP contribution is -2.05. The minimum atomic E-state index is -0.393. The molecule has 0 saturated heterocycles. The first kappa shape index (κ1) is 13.4. The van der Waals surface area contributed by atoms with Crippen LogP contribution in [0.5, 0.6) is 0 Å². The number of nitro groups is 1. The van der Waals surface area contributed by atoms with E-state index < -0.39 is 4.92 Å². The van der Waals surface area contributed by atoms with Crippen LogP contribution in [-0.4, -0.2) is 11.5 Å². The molecule has 14 heavy (non-hydrogen) atoms. The van der Waals surface area contributed by atoms with Crippen molar-refractivity contribution in [3.63, 3.8) is 0 Å². The van der Waals surface area contributed by atoms with Crippen LogP contribution in [0.1, 0.15) is 5.56 Å². The fourth-order valence-electron chi connectivity index (χ4n) is 1.07. The van der Waals surface area contributed by atoms with Crippen molar-refractivity contribution in [1.82, 2.24) is 0 Å². The Morgan fingerprint density at radius 1 is 1.50 bits per heavy atom. The first-order chi connectivity index (χ1) is 6.15. The van der Waals surface area contributed by atoms with Crippen LogP contribution < -0.4 is 5.73 Å². The van der Waals surface area contributed by atoms with E-state index in [-0.39, 0.29) is 18.1 Å². The van der Waals surface area contributed by atoms with Crippen molar-refractivity contribution in [3.05, 3.63) is 38.3 Å². The smallest absolute Gasteiger partial charge is 0.273 e. The third-order valence-electron chi connectivity index (χ3n) is 1.66. The van der Waals surface area contributed by atoms with Gasteiger partial charge in [0.25, 0.3) is 5.69 Å². The van der Waals surface area contributed by atoms with Crippen molar-refractivity contribution in [2.24, 2.45) is 5.73 Å². The topological polar surface area (TPSA) is 69.2 Å². The largest absolute Gasteiger partial charge is 0.330 e. The molecular weight excluding hydrogens is 271 g/mol. The molecule has 0 radical (unpaired) electrons. The summed E-state index contributed by atoms with van der Waals surface area (Å²) in [5.74, 6) is 0. The van der Waals surface area contributed by atoms with Gasteiger partial charge in [-0.3, -0.25) is 10.1 Å². The lowest BCUT2D eigenvalue weighted by molar-refractivity contribution is -0.385. The van der Waals surface area contributed by atoms with Crippen LogP contribution >= 0.6 is 28.3 Å². The molecular formula is C8H10BrClN2O2. The molecule has 0 aromatic heterocycles. The average molecular weight is 282 g/mol. The predicted molar refractivity (Wildman–Crippen MR) is 60.8 cm³/mol. The van der Waals surface area contributed by atoms with Crippen molar-refractivity contribution in [2.75, 3.05) is 6.54 Å². The second-order valence-electron chi connectivity index (χ2n) is 2.57. The van der Waals surface area contributed by atoms with Gasteiger partial charge in [-0.1, -0.05) is 22.0 Å². The summed E-state index contributed by atoms with van der Waals surface area (Å²) in [5, 5.41) is 10.6. The first-order valence-electron chi connectivity index (χ1n) is 3.78. The third kappa shape index (κ3) is 3.25. The molecule has 78 valence electrons. The molecule has 0 fully saturated rings. The highest BCUT2D eigenvalue weighted by Crippen LogP contribution is 2.23. The van der Waals surface area contributed by atoms with Gasteiger partial charge in [-0.2, -0.15) is 0 Å². The number of nitrogens with two attached hydrogens (primary N) is 1.